The van der Waals surface area contributed by atoms with Gasteiger partial charge in [0.2, 0.25) is 0 Å². The number of hydrogen-bond acceptors (Lipinski definition) is 5. The average molecular weight is 367 g/mol. The van der Waals surface area contributed by atoms with Gasteiger partial charge < -0.3 is 10.0 Å². The molecular formula is C21H25N3O3. The summed E-state index contributed by atoms with van der Waals surface area (Å²) in [5, 5.41) is 9.24. The number of benzene rings is 1. The van der Waals surface area contributed by atoms with Gasteiger partial charge in [-0.05, 0) is 44.7 Å². The van der Waals surface area contributed by atoms with Gasteiger partial charge in [-0.25, -0.2) is 0 Å². The van der Waals surface area contributed by atoms with Crippen LogP contribution in [0.5, 0.6) is 0 Å². The second-order valence-corrected chi connectivity index (χ2v) is 6.97. The minimum atomic E-state index is -0.0227. The summed E-state index contributed by atoms with van der Waals surface area (Å²) in [7, 11) is 2.03. The second-order valence-electron chi connectivity index (χ2n) is 6.97. The number of ketones is 1. The monoisotopic (exact) mass is 367 g/mol. The molecule has 0 radical (unpaired) electrons. The van der Waals surface area contributed by atoms with Gasteiger partial charge in [-0.1, -0.05) is 12.1 Å². The van der Waals surface area contributed by atoms with Gasteiger partial charge in [0.1, 0.15) is 0 Å². The lowest BCUT2D eigenvalue weighted by Crippen LogP contribution is -2.53. The number of pyridine rings is 1. The molecule has 1 amide bonds. The number of carbonyl (C=O) groups is 2. The molecular weight excluding hydrogens is 342 g/mol. The third kappa shape index (κ3) is 4.40. The molecule has 1 N–H and O–H groups in total. The Kier molecular flexibility index (Phi) is 5.98. The topological polar surface area (TPSA) is 73.7 Å². The summed E-state index contributed by atoms with van der Waals surface area (Å²) >= 11 is 0. The zero-order valence-corrected chi connectivity index (χ0v) is 15.8. The summed E-state index contributed by atoms with van der Waals surface area (Å²) in [6.07, 6.45) is 2.22. The molecule has 1 saturated heterocycles. The van der Waals surface area contributed by atoms with Gasteiger partial charge in [-0.2, -0.15) is 0 Å². The van der Waals surface area contributed by atoms with E-state index in [2.05, 4.69) is 9.88 Å². The van der Waals surface area contributed by atoms with Crippen molar-refractivity contribution >= 4 is 11.7 Å². The number of rotatable bonds is 5. The fourth-order valence-corrected chi connectivity index (χ4v) is 3.36. The number of hydrogen-bond donors (Lipinski definition) is 1. The number of amides is 1. The van der Waals surface area contributed by atoms with Crippen LogP contribution in [0, 0.1) is 0 Å². The fourth-order valence-electron chi connectivity index (χ4n) is 3.36. The summed E-state index contributed by atoms with van der Waals surface area (Å²) in [5.41, 5.74) is 2.76. The van der Waals surface area contributed by atoms with E-state index in [0.717, 1.165) is 17.8 Å². The molecule has 1 aliphatic heterocycles. The Hall–Kier alpha value is -2.57. The van der Waals surface area contributed by atoms with Crippen LogP contribution in [0.3, 0.4) is 0 Å². The van der Waals surface area contributed by atoms with E-state index >= 15 is 0 Å². The van der Waals surface area contributed by atoms with Crippen LogP contribution in [0.25, 0.3) is 11.3 Å². The first kappa shape index (κ1) is 19.2. The van der Waals surface area contributed by atoms with E-state index in [0.29, 0.717) is 30.6 Å². The van der Waals surface area contributed by atoms with Gasteiger partial charge in [-0.3, -0.25) is 19.5 Å². The summed E-state index contributed by atoms with van der Waals surface area (Å²) in [6.45, 7) is 3.72. The van der Waals surface area contributed by atoms with Gasteiger partial charge in [0.05, 0.1) is 5.69 Å². The highest BCUT2D eigenvalue weighted by atomic mass is 16.3. The van der Waals surface area contributed by atoms with Crippen molar-refractivity contribution in [3.63, 3.8) is 0 Å². The molecule has 0 aliphatic carbocycles. The largest absolute Gasteiger partial charge is 0.396 e. The van der Waals surface area contributed by atoms with E-state index in [9.17, 15) is 14.7 Å². The molecule has 1 aliphatic rings. The number of aromatic nitrogens is 1. The Morgan fingerprint density at radius 1 is 1.19 bits per heavy atom. The molecule has 0 spiro atoms. The molecule has 142 valence electrons. The first-order valence-electron chi connectivity index (χ1n) is 9.17. The minimum absolute atomic E-state index is 0.00625. The molecule has 1 unspecified atom stereocenters. The van der Waals surface area contributed by atoms with Crippen LogP contribution >= 0.6 is 0 Å². The maximum Gasteiger partial charge on any atom is 0.253 e. The number of nitrogens with zero attached hydrogens (tertiary/aromatic N) is 3. The first-order valence-corrected chi connectivity index (χ1v) is 9.17. The van der Waals surface area contributed by atoms with Gasteiger partial charge >= 0.3 is 0 Å². The highest BCUT2D eigenvalue weighted by Gasteiger charge is 2.27. The number of aliphatic hydroxyl groups is 1. The lowest BCUT2D eigenvalue weighted by molar-refractivity contribution is 0.0500. The van der Waals surface area contributed by atoms with E-state index in [1.165, 1.54) is 6.92 Å². The molecule has 1 atom stereocenters. The lowest BCUT2D eigenvalue weighted by atomic mass is 10.0. The van der Waals surface area contributed by atoms with Crippen LogP contribution in [0.1, 0.15) is 34.1 Å². The zero-order valence-electron chi connectivity index (χ0n) is 15.8. The van der Waals surface area contributed by atoms with Crippen LogP contribution in [0.15, 0.2) is 42.6 Å². The van der Waals surface area contributed by atoms with E-state index in [4.69, 9.17) is 0 Å². The number of carbonyl (C=O) groups excluding carboxylic acids is 2. The maximum absolute atomic E-state index is 13.0. The molecule has 1 fully saturated rings. The molecule has 6 heteroatoms. The third-order valence-corrected chi connectivity index (χ3v) is 5.10. The van der Waals surface area contributed by atoms with E-state index in [-0.39, 0.29) is 24.3 Å². The Bertz CT molecular complexity index is 820. The van der Waals surface area contributed by atoms with Crippen LogP contribution in [0.2, 0.25) is 0 Å². The van der Waals surface area contributed by atoms with Gasteiger partial charge in [0, 0.05) is 55.2 Å². The smallest absolute Gasteiger partial charge is 0.253 e. The third-order valence-electron chi connectivity index (χ3n) is 5.10. The second kappa shape index (κ2) is 8.41. The predicted molar refractivity (Wildman–Crippen MR) is 104 cm³/mol. The van der Waals surface area contributed by atoms with Crippen LogP contribution < -0.4 is 0 Å². The average Bonchev–Trinajstić information content (AvgIpc) is 2.69. The molecule has 0 saturated carbocycles. The highest BCUT2D eigenvalue weighted by molar-refractivity contribution is 5.96. The van der Waals surface area contributed by atoms with Crippen molar-refractivity contribution in [2.75, 3.05) is 33.3 Å². The van der Waals surface area contributed by atoms with E-state index < -0.39 is 0 Å². The SMILES string of the molecule is CC(=O)c1ccc(-c2cccc(C(=O)N3CCN(C)C(CCO)C3)c2)nc1. The predicted octanol–water partition coefficient (Wildman–Crippen LogP) is 2.09. The van der Waals surface area contributed by atoms with Gasteiger partial charge in [0.15, 0.2) is 5.78 Å². The zero-order chi connectivity index (χ0) is 19.4. The fraction of sp³-hybridized carbons (Fsp3) is 0.381. The summed E-state index contributed by atoms with van der Waals surface area (Å²) in [4.78, 5) is 32.8. The van der Waals surface area contributed by atoms with Crippen LogP contribution in [-0.4, -0.2) is 70.9 Å². The normalized spacial score (nSPS) is 17.7. The number of Topliss-reactive ketones (excluding diaryl/α,β-unsaturated/α-hetero) is 1. The quantitative estimate of drug-likeness (QED) is 0.819. The van der Waals surface area contributed by atoms with Crippen LogP contribution in [0.4, 0.5) is 0 Å². The van der Waals surface area contributed by atoms with Crippen molar-refractivity contribution in [3.8, 4) is 11.3 Å². The lowest BCUT2D eigenvalue weighted by Gasteiger charge is -2.39. The first-order chi connectivity index (χ1) is 13.0. The minimum Gasteiger partial charge on any atom is -0.396 e. The summed E-state index contributed by atoms with van der Waals surface area (Å²) in [5.74, 6) is -0.0290. The van der Waals surface area contributed by atoms with Crippen molar-refractivity contribution in [2.24, 2.45) is 0 Å². The molecule has 3 rings (SSSR count). The van der Waals surface area contributed by atoms with Crippen molar-refractivity contribution in [3.05, 3.63) is 53.7 Å². The Morgan fingerprint density at radius 2 is 2.00 bits per heavy atom. The van der Waals surface area contributed by atoms with Crippen molar-refractivity contribution in [1.29, 1.82) is 0 Å². The Labute approximate surface area is 159 Å². The standard InChI is InChI=1S/C21H25N3O3/c1-15(26)18-6-7-20(22-13-18)16-4-3-5-17(12-16)21(27)24-10-9-23(2)19(14-24)8-11-25/h3-7,12-13,19,25H,8-11,14H2,1-2H3. The number of aliphatic hydroxyl groups excluding tert-OH is 1. The number of piperazine rings is 1. The summed E-state index contributed by atoms with van der Waals surface area (Å²) < 4.78 is 0. The maximum atomic E-state index is 13.0. The molecule has 6 nitrogen and oxygen atoms in total. The van der Waals surface area contributed by atoms with Gasteiger partial charge in [-0.15, -0.1) is 0 Å². The molecule has 27 heavy (non-hydrogen) atoms. The van der Waals surface area contributed by atoms with Crippen LogP contribution in [-0.2, 0) is 0 Å². The Balaban J connectivity index is 1.78. The van der Waals surface area contributed by atoms with Crippen molar-refractivity contribution < 1.29 is 14.7 Å². The Morgan fingerprint density at radius 3 is 2.67 bits per heavy atom. The highest BCUT2D eigenvalue weighted by Crippen LogP contribution is 2.21. The molecule has 1 aromatic heterocycles. The molecule has 1 aromatic carbocycles. The summed E-state index contributed by atoms with van der Waals surface area (Å²) in [6, 6.07) is 11.1. The van der Waals surface area contributed by atoms with Crippen molar-refractivity contribution in [1.82, 2.24) is 14.8 Å². The van der Waals surface area contributed by atoms with E-state index in [1.54, 1.807) is 18.3 Å². The molecule has 2 aromatic rings. The van der Waals surface area contributed by atoms with Crippen molar-refractivity contribution in [2.45, 2.75) is 19.4 Å². The van der Waals surface area contributed by atoms with E-state index in [1.807, 2.05) is 36.2 Å². The number of likely N-dealkylation sites (N-methyl/N-ethyl adjacent to an activating group) is 1. The molecule has 2 heterocycles. The van der Waals surface area contributed by atoms with Gasteiger partial charge in [0.25, 0.3) is 5.91 Å². The molecule has 0 bridgehead atoms.